The van der Waals surface area contributed by atoms with Crippen LogP contribution < -0.4 is 5.32 Å². The van der Waals surface area contributed by atoms with Gasteiger partial charge in [0.2, 0.25) is 11.8 Å². The number of piperidine rings is 1. The molecule has 1 saturated heterocycles. The maximum atomic E-state index is 5.30. The molecule has 2 heterocycles. The van der Waals surface area contributed by atoms with E-state index in [-0.39, 0.29) is 0 Å². The standard InChI is InChI=1S/C12H22N4O/c1-10-14-15-12(17-10)9-13-6-3-11-4-7-16(2)8-5-11/h11,13H,3-9H2,1-2H3. The molecule has 0 atom stereocenters. The van der Waals surface area contributed by atoms with Gasteiger partial charge in [-0.25, -0.2) is 0 Å². The average molecular weight is 238 g/mol. The topological polar surface area (TPSA) is 54.2 Å². The number of nitrogens with zero attached hydrogens (tertiary/aromatic N) is 3. The Balaban J connectivity index is 1.57. The maximum absolute atomic E-state index is 5.30. The van der Waals surface area contributed by atoms with Crippen LogP contribution in [0.5, 0.6) is 0 Å². The minimum Gasteiger partial charge on any atom is -0.424 e. The van der Waals surface area contributed by atoms with Gasteiger partial charge in [-0.2, -0.15) is 0 Å². The molecule has 0 radical (unpaired) electrons. The van der Waals surface area contributed by atoms with E-state index >= 15 is 0 Å². The number of likely N-dealkylation sites (tertiary alicyclic amines) is 1. The molecule has 1 N–H and O–H groups in total. The molecule has 0 aliphatic carbocycles. The summed E-state index contributed by atoms with van der Waals surface area (Å²) in [5.74, 6) is 2.20. The molecule has 2 rings (SSSR count). The number of aryl methyl sites for hydroxylation is 1. The van der Waals surface area contributed by atoms with Crippen molar-refractivity contribution in [3.63, 3.8) is 0 Å². The van der Waals surface area contributed by atoms with E-state index in [1.807, 2.05) is 6.92 Å². The molecule has 0 saturated carbocycles. The van der Waals surface area contributed by atoms with Crippen LogP contribution in [-0.4, -0.2) is 41.8 Å². The molecule has 5 nitrogen and oxygen atoms in total. The van der Waals surface area contributed by atoms with Crippen LogP contribution in [0, 0.1) is 12.8 Å². The Kier molecular flexibility index (Phi) is 4.50. The highest BCUT2D eigenvalue weighted by atomic mass is 16.4. The van der Waals surface area contributed by atoms with Gasteiger partial charge in [-0.15, -0.1) is 10.2 Å². The lowest BCUT2D eigenvalue weighted by atomic mass is 9.94. The number of nitrogens with one attached hydrogen (secondary N) is 1. The molecular weight excluding hydrogens is 216 g/mol. The molecular formula is C12H22N4O. The van der Waals surface area contributed by atoms with Gasteiger partial charge in [-0.3, -0.25) is 0 Å². The first-order valence-electron chi connectivity index (χ1n) is 6.42. The molecule has 0 amide bonds. The van der Waals surface area contributed by atoms with Crippen LogP contribution in [0.2, 0.25) is 0 Å². The first-order valence-corrected chi connectivity index (χ1v) is 6.42. The zero-order valence-corrected chi connectivity index (χ0v) is 10.8. The maximum Gasteiger partial charge on any atom is 0.230 e. The van der Waals surface area contributed by atoms with E-state index in [0.29, 0.717) is 18.3 Å². The molecule has 1 aromatic rings. The first-order chi connectivity index (χ1) is 8.24. The summed E-state index contributed by atoms with van der Waals surface area (Å²) in [5, 5.41) is 11.1. The van der Waals surface area contributed by atoms with E-state index in [9.17, 15) is 0 Å². The van der Waals surface area contributed by atoms with Gasteiger partial charge < -0.3 is 14.6 Å². The molecule has 1 fully saturated rings. The Morgan fingerprint density at radius 2 is 2.12 bits per heavy atom. The first kappa shape index (κ1) is 12.5. The minimum atomic E-state index is 0.636. The van der Waals surface area contributed by atoms with Crippen molar-refractivity contribution in [2.24, 2.45) is 5.92 Å². The van der Waals surface area contributed by atoms with Gasteiger partial charge in [0.1, 0.15) is 0 Å². The molecule has 1 aromatic heterocycles. The number of hydrogen-bond acceptors (Lipinski definition) is 5. The van der Waals surface area contributed by atoms with Crippen molar-refractivity contribution in [1.29, 1.82) is 0 Å². The van der Waals surface area contributed by atoms with Crippen molar-refractivity contribution >= 4 is 0 Å². The molecule has 5 heteroatoms. The summed E-state index contributed by atoms with van der Waals surface area (Å²) in [6, 6.07) is 0. The summed E-state index contributed by atoms with van der Waals surface area (Å²) < 4.78 is 5.30. The van der Waals surface area contributed by atoms with Crippen LogP contribution in [0.4, 0.5) is 0 Å². The Hall–Kier alpha value is -0.940. The second-order valence-electron chi connectivity index (χ2n) is 4.93. The van der Waals surface area contributed by atoms with Crippen molar-refractivity contribution in [2.75, 3.05) is 26.7 Å². The van der Waals surface area contributed by atoms with Crippen LogP contribution in [0.3, 0.4) is 0 Å². The van der Waals surface area contributed by atoms with Crippen molar-refractivity contribution < 1.29 is 4.42 Å². The molecule has 0 bridgehead atoms. The van der Waals surface area contributed by atoms with Crippen molar-refractivity contribution in [3.05, 3.63) is 11.8 Å². The van der Waals surface area contributed by atoms with E-state index in [2.05, 4.69) is 27.5 Å². The van der Waals surface area contributed by atoms with Crippen molar-refractivity contribution in [1.82, 2.24) is 20.4 Å². The molecule has 1 aliphatic rings. The second kappa shape index (κ2) is 6.12. The largest absolute Gasteiger partial charge is 0.424 e. The summed E-state index contributed by atoms with van der Waals surface area (Å²) in [6.45, 7) is 6.03. The third-order valence-electron chi connectivity index (χ3n) is 3.41. The van der Waals surface area contributed by atoms with Gasteiger partial charge in [0.05, 0.1) is 6.54 Å². The van der Waals surface area contributed by atoms with Crippen LogP contribution in [0.15, 0.2) is 4.42 Å². The SMILES string of the molecule is Cc1nnc(CNCCC2CCN(C)CC2)o1. The van der Waals surface area contributed by atoms with Gasteiger partial charge in [-0.1, -0.05) is 0 Å². The zero-order chi connectivity index (χ0) is 12.1. The van der Waals surface area contributed by atoms with E-state index in [1.54, 1.807) is 0 Å². The van der Waals surface area contributed by atoms with Crippen LogP contribution >= 0.6 is 0 Å². The summed E-state index contributed by atoms with van der Waals surface area (Å²) in [7, 11) is 2.20. The summed E-state index contributed by atoms with van der Waals surface area (Å²) >= 11 is 0. The lowest BCUT2D eigenvalue weighted by Crippen LogP contribution is -2.31. The van der Waals surface area contributed by atoms with E-state index in [1.165, 1.54) is 32.4 Å². The van der Waals surface area contributed by atoms with E-state index < -0.39 is 0 Å². The highest BCUT2D eigenvalue weighted by Crippen LogP contribution is 2.18. The highest BCUT2D eigenvalue weighted by Gasteiger charge is 2.15. The smallest absolute Gasteiger partial charge is 0.230 e. The Labute approximate surface area is 103 Å². The number of hydrogen-bond donors (Lipinski definition) is 1. The third kappa shape index (κ3) is 4.09. The quantitative estimate of drug-likeness (QED) is 0.781. The van der Waals surface area contributed by atoms with Gasteiger partial charge in [0.15, 0.2) is 0 Å². The molecule has 1 aliphatic heterocycles. The van der Waals surface area contributed by atoms with Gasteiger partial charge in [-0.05, 0) is 51.9 Å². The fourth-order valence-corrected chi connectivity index (χ4v) is 2.26. The molecule has 0 unspecified atom stereocenters. The lowest BCUT2D eigenvalue weighted by Gasteiger charge is -2.28. The summed E-state index contributed by atoms with van der Waals surface area (Å²) in [4.78, 5) is 2.41. The van der Waals surface area contributed by atoms with Crippen LogP contribution in [0.25, 0.3) is 0 Å². The average Bonchev–Trinajstić information content (AvgIpc) is 2.73. The fraction of sp³-hybridized carbons (Fsp3) is 0.833. The lowest BCUT2D eigenvalue weighted by molar-refractivity contribution is 0.211. The Bertz CT molecular complexity index is 331. The molecule has 96 valence electrons. The number of aromatic nitrogens is 2. The van der Waals surface area contributed by atoms with Gasteiger partial charge in [0, 0.05) is 6.92 Å². The fourth-order valence-electron chi connectivity index (χ4n) is 2.26. The molecule has 0 aromatic carbocycles. The predicted octanol–water partition coefficient (Wildman–Crippen LogP) is 1.20. The van der Waals surface area contributed by atoms with Crippen molar-refractivity contribution in [3.8, 4) is 0 Å². The van der Waals surface area contributed by atoms with Gasteiger partial charge >= 0.3 is 0 Å². The van der Waals surface area contributed by atoms with Gasteiger partial charge in [0.25, 0.3) is 0 Å². The molecule has 17 heavy (non-hydrogen) atoms. The Morgan fingerprint density at radius 1 is 1.35 bits per heavy atom. The molecule has 0 spiro atoms. The van der Waals surface area contributed by atoms with Crippen molar-refractivity contribution in [2.45, 2.75) is 32.7 Å². The number of rotatable bonds is 5. The third-order valence-corrected chi connectivity index (χ3v) is 3.41. The monoisotopic (exact) mass is 238 g/mol. The van der Waals surface area contributed by atoms with Crippen LogP contribution in [0.1, 0.15) is 31.0 Å². The zero-order valence-electron chi connectivity index (χ0n) is 10.8. The van der Waals surface area contributed by atoms with E-state index in [4.69, 9.17) is 4.42 Å². The van der Waals surface area contributed by atoms with Crippen LogP contribution in [-0.2, 0) is 6.54 Å². The Morgan fingerprint density at radius 3 is 2.76 bits per heavy atom. The normalized spacial score (nSPS) is 18.7. The second-order valence-corrected chi connectivity index (χ2v) is 4.93. The minimum absolute atomic E-state index is 0.636. The summed E-state index contributed by atoms with van der Waals surface area (Å²) in [6.07, 6.45) is 3.91. The highest BCUT2D eigenvalue weighted by molar-refractivity contribution is 4.78. The van der Waals surface area contributed by atoms with E-state index in [0.717, 1.165) is 12.5 Å². The predicted molar refractivity (Wildman–Crippen MR) is 65.6 cm³/mol. The summed E-state index contributed by atoms with van der Waals surface area (Å²) in [5.41, 5.74) is 0.